The van der Waals surface area contributed by atoms with Crippen LogP contribution in [0.25, 0.3) is 0 Å². The van der Waals surface area contributed by atoms with Gasteiger partial charge in [-0.1, -0.05) is 0 Å². The SMILES string of the molecule is CCOc1ccc(C(F)(F)OC2CCC(C(F)(F)OC3CCC(C(F)(F)Oc4cc(F)c(C(F)(F)F)c(F)c4)CC3)CC2)cc1. The molecule has 4 rings (SSSR count). The Morgan fingerprint density at radius 3 is 1.56 bits per heavy atom. The number of halogens is 11. The predicted octanol–water partition coefficient (Wildman–Crippen LogP) is 9.85. The first-order valence-corrected chi connectivity index (χ1v) is 14.4. The molecule has 0 amide bonds. The number of ether oxygens (including phenoxy) is 4. The molecule has 2 aromatic carbocycles. The minimum atomic E-state index is -5.39. The summed E-state index contributed by atoms with van der Waals surface area (Å²) in [6.07, 6.45) is -20.7. The van der Waals surface area contributed by atoms with Crippen LogP contribution in [0, 0.1) is 23.5 Å². The van der Waals surface area contributed by atoms with Crippen LogP contribution >= 0.6 is 0 Å². The zero-order valence-corrected chi connectivity index (χ0v) is 23.9. The van der Waals surface area contributed by atoms with E-state index in [1.165, 1.54) is 12.1 Å². The molecule has 0 unspecified atom stereocenters. The summed E-state index contributed by atoms with van der Waals surface area (Å²) < 4.78 is 174. The lowest BCUT2D eigenvalue weighted by Crippen LogP contribution is -2.43. The normalized spacial score (nSPS) is 23.6. The van der Waals surface area contributed by atoms with E-state index in [0.717, 1.165) is 12.1 Å². The number of hydrogen-bond acceptors (Lipinski definition) is 4. The van der Waals surface area contributed by atoms with Gasteiger partial charge in [0.15, 0.2) is 0 Å². The van der Waals surface area contributed by atoms with Crippen LogP contribution in [0.4, 0.5) is 48.3 Å². The molecule has 2 aromatic rings. The lowest BCUT2D eigenvalue weighted by Gasteiger charge is -2.38. The summed E-state index contributed by atoms with van der Waals surface area (Å²) in [5.74, 6) is -7.93. The van der Waals surface area contributed by atoms with E-state index < -0.39 is 77.1 Å². The monoisotopic (exact) mass is 664 g/mol. The first-order chi connectivity index (χ1) is 20.9. The molecule has 4 nitrogen and oxygen atoms in total. The van der Waals surface area contributed by atoms with Crippen molar-refractivity contribution >= 4 is 0 Å². The second-order valence-electron chi connectivity index (χ2n) is 11.1. The second-order valence-corrected chi connectivity index (χ2v) is 11.1. The maximum atomic E-state index is 15.0. The van der Waals surface area contributed by atoms with Gasteiger partial charge in [0, 0.05) is 12.1 Å². The minimum absolute atomic E-state index is 0.00384. The maximum Gasteiger partial charge on any atom is 0.422 e. The van der Waals surface area contributed by atoms with Crippen LogP contribution in [0.2, 0.25) is 0 Å². The molecule has 0 aromatic heterocycles. The predicted molar refractivity (Wildman–Crippen MR) is 137 cm³/mol. The van der Waals surface area contributed by atoms with Crippen LogP contribution in [0.1, 0.15) is 69.4 Å². The van der Waals surface area contributed by atoms with Gasteiger partial charge in [0.05, 0.1) is 36.2 Å². The molecule has 0 heterocycles. The van der Waals surface area contributed by atoms with E-state index in [1.807, 2.05) is 0 Å². The molecule has 0 bridgehead atoms. The van der Waals surface area contributed by atoms with Crippen molar-refractivity contribution in [1.82, 2.24) is 0 Å². The summed E-state index contributed by atoms with van der Waals surface area (Å²) in [5.41, 5.74) is -2.66. The molecule has 252 valence electrons. The van der Waals surface area contributed by atoms with Crippen LogP contribution < -0.4 is 9.47 Å². The molecular formula is C30H31F11O4. The van der Waals surface area contributed by atoms with Gasteiger partial charge in [-0.15, -0.1) is 0 Å². The van der Waals surface area contributed by atoms with Gasteiger partial charge < -0.3 is 18.9 Å². The number of rotatable bonds is 11. The zero-order chi connectivity index (χ0) is 33.2. The Kier molecular flexibility index (Phi) is 10.5. The third-order valence-corrected chi connectivity index (χ3v) is 7.99. The van der Waals surface area contributed by atoms with Gasteiger partial charge in [-0.3, -0.25) is 0 Å². The zero-order valence-electron chi connectivity index (χ0n) is 23.9. The van der Waals surface area contributed by atoms with Crippen molar-refractivity contribution in [2.45, 2.75) is 95.0 Å². The number of hydrogen-bond donors (Lipinski definition) is 0. The lowest BCUT2D eigenvalue weighted by molar-refractivity contribution is -0.314. The molecule has 0 aliphatic heterocycles. The van der Waals surface area contributed by atoms with Gasteiger partial charge in [0.2, 0.25) is 0 Å². The molecule has 2 saturated carbocycles. The van der Waals surface area contributed by atoms with Crippen molar-refractivity contribution in [1.29, 1.82) is 0 Å². The third kappa shape index (κ3) is 8.72. The Morgan fingerprint density at radius 1 is 0.622 bits per heavy atom. The minimum Gasteiger partial charge on any atom is -0.494 e. The van der Waals surface area contributed by atoms with Crippen LogP contribution in [0.15, 0.2) is 36.4 Å². The van der Waals surface area contributed by atoms with Crippen LogP contribution in [-0.2, 0) is 21.8 Å². The first-order valence-electron chi connectivity index (χ1n) is 14.4. The quantitative estimate of drug-likeness (QED) is 0.224. The highest BCUT2D eigenvalue weighted by molar-refractivity contribution is 5.32. The summed E-state index contributed by atoms with van der Waals surface area (Å²) >= 11 is 0. The highest BCUT2D eigenvalue weighted by atomic mass is 19.4. The Hall–Kier alpha value is -2.81. The van der Waals surface area contributed by atoms with E-state index in [4.69, 9.17) is 14.2 Å². The van der Waals surface area contributed by atoms with E-state index >= 15 is 0 Å². The molecule has 0 saturated heterocycles. The van der Waals surface area contributed by atoms with Crippen molar-refractivity contribution in [3.63, 3.8) is 0 Å². The van der Waals surface area contributed by atoms with Crippen molar-refractivity contribution in [3.05, 3.63) is 59.2 Å². The van der Waals surface area contributed by atoms with Crippen LogP contribution in [0.3, 0.4) is 0 Å². The smallest absolute Gasteiger partial charge is 0.422 e. The molecular weight excluding hydrogens is 633 g/mol. The fourth-order valence-corrected chi connectivity index (χ4v) is 5.66. The maximum absolute atomic E-state index is 15.0. The molecule has 15 heteroatoms. The van der Waals surface area contributed by atoms with Gasteiger partial charge >= 0.3 is 24.5 Å². The van der Waals surface area contributed by atoms with Gasteiger partial charge in [-0.25, -0.2) is 8.78 Å². The molecule has 0 N–H and O–H groups in total. The molecule has 2 fully saturated rings. The fraction of sp³-hybridized carbons (Fsp3) is 0.600. The van der Waals surface area contributed by atoms with Crippen LogP contribution in [0.5, 0.6) is 11.5 Å². The van der Waals surface area contributed by atoms with Crippen LogP contribution in [-0.4, -0.2) is 31.0 Å². The van der Waals surface area contributed by atoms with E-state index in [2.05, 4.69) is 4.74 Å². The van der Waals surface area contributed by atoms with E-state index in [0.29, 0.717) is 12.4 Å². The van der Waals surface area contributed by atoms with Crippen molar-refractivity contribution < 1.29 is 67.2 Å². The summed E-state index contributed by atoms with van der Waals surface area (Å²) in [5, 5.41) is 0. The fourth-order valence-electron chi connectivity index (χ4n) is 5.66. The number of benzene rings is 2. The second kappa shape index (κ2) is 13.5. The van der Waals surface area contributed by atoms with Crippen molar-refractivity contribution in [2.24, 2.45) is 11.8 Å². The van der Waals surface area contributed by atoms with Gasteiger partial charge in [-0.05, 0) is 82.6 Å². The van der Waals surface area contributed by atoms with Gasteiger partial charge in [-0.2, -0.15) is 39.5 Å². The average molecular weight is 665 g/mol. The topological polar surface area (TPSA) is 36.9 Å². The molecule has 45 heavy (non-hydrogen) atoms. The first kappa shape index (κ1) is 35.1. The average Bonchev–Trinajstić information content (AvgIpc) is 2.92. The summed E-state index contributed by atoms with van der Waals surface area (Å²) in [7, 11) is 0. The van der Waals surface area contributed by atoms with E-state index in [9.17, 15) is 48.3 Å². The third-order valence-electron chi connectivity index (χ3n) is 7.99. The van der Waals surface area contributed by atoms with Gasteiger partial charge in [0.25, 0.3) is 0 Å². The number of alkyl halides is 9. The van der Waals surface area contributed by atoms with Crippen molar-refractivity contribution in [2.75, 3.05) is 6.61 Å². The molecule has 0 radical (unpaired) electrons. The Labute approximate surface area is 251 Å². The molecule has 0 spiro atoms. The summed E-state index contributed by atoms with van der Waals surface area (Å²) in [6, 6.07) is 5.04. The lowest BCUT2D eigenvalue weighted by atomic mass is 9.85. The molecule has 2 aliphatic carbocycles. The summed E-state index contributed by atoms with van der Waals surface area (Å²) in [6.45, 7) is 2.10. The summed E-state index contributed by atoms with van der Waals surface area (Å²) in [4.78, 5) is 0. The van der Waals surface area contributed by atoms with Crippen molar-refractivity contribution in [3.8, 4) is 11.5 Å². The highest BCUT2D eigenvalue weighted by Crippen LogP contribution is 2.45. The largest absolute Gasteiger partial charge is 0.494 e. The Bertz CT molecular complexity index is 1240. The Balaban J connectivity index is 1.25. The van der Waals surface area contributed by atoms with Gasteiger partial charge in [0.1, 0.15) is 28.7 Å². The Morgan fingerprint density at radius 2 is 1.09 bits per heavy atom. The molecule has 0 atom stereocenters. The van der Waals surface area contributed by atoms with E-state index in [1.54, 1.807) is 6.92 Å². The standard InChI is InChI=1S/C30H31F11O4/c1-2-42-20-9-3-17(4-10-20)28(36,37)43-21-11-5-18(6-12-21)29(38,39)44-22-13-7-19(8-14-22)30(40,41)45-23-15-24(31)26(25(32)16-23)27(33,34)35/h3-4,9-10,15-16,18-19,21-22H,2,5-8,11-14H2,1H3. The molecule has 2 aliphatic rings. The highest BCUT2D eigenvalue weighted by Gasteiger charge is 2.49. The van der Waals surface area contributed by atoms with E-state index in [-0.39, 0.29) is 63.5 Å².